The van der Waals surface area contributed by atoms with Gasteiger partial charge in [-0.1, -0.05) is 24.3 Å². The Balaban J connectivity index is 2.33. The smallest absolute Gasteiger partial charge is 0.246 e. The molecule has 0 atom stereocenters. The molecule has 6 heteroatoms. The molecule has 0 aliphatic rings. The Hall–Kier alpha value is -1.92. The van der Waals surface area contributed by atoms with Crippen molar-refractivity contribution >= 4 is 15.7 Å². The van der Waals surface area contributed by atoms with Crippen molar-refractivity contribution in [1.29, 1.82) is 0 Å². The molecule has 0 spiro atoms. The number of aryl methyl sites for hydroxylation is 1. The molecule has 0 radical (unpaired) electrons. The van der Waals surface area contributed by atoms with Gasteiger partial charge in [-0.25, -0.2) is 8.42 Å². The summed E-state index contributed by atoms with van der Waals surface area (Å²) >= 11 is 0. The lowest BCUT2D eigenvalue weighted by Gasteiger charge is -2.19. The fourth-order valence-corrected chi connectivity index (χ4v) is 3.36. The Kier molecular flexibility index (Phi) is 4.59. The van der Waals surface area contributed by atoms with Crippen LogP contribution in [0, 0.1) is 6.92 Å². The summed E-state index contributed by atoms with van der Waals surface area (Å²) in [5.74, 6) is 0. The van der Waals surface area contributed by atoms with E-state index in [0.29, 0.717) is 12.2 Å². The van der Waals surface area contributed by atoms with E-state index < -0.39 is 10.0 Å². The van der Waals surface area contributed by atoms with E-state index in [9.17, 15) is 8.42 Å². The van der Waals surface area contributed by atoms with Gasteiger partial charge in [-0.15, -0.1) is 0 Å². The standard InChI is InChI=1S/C15H19N3O2S/c1-12-6-4-5-7-13(12)11-18(3)21(19,20)15-10-17-9-8-14(15)16-2/h4-10H,11H2,1-3H3,(H,16,17). The van der Waals surface area contributed by atoms with Crippen molar-refractivity contribution in [3.8, 4) is 0 Å². The Bertz CT molecular complexity index is 729. The van der Waals surface area contributed by atoms with Gasteiger partial charge >= 0.3 is 0 Å². The molecule has 2 aromatic rings. The van der Waals surface area contributed by atoms with Gasteiger partial charge in [-0.2, -0.15) is 4.31 Å². The topological polar surface area (TPSA) is 62.3 Å². The van der Waals surface area contributed by atoms with E-state index in [1.54, 1.807) is 26.4 Å². The number of nitrogens with one attached hydrogen (secondary N) is 1. The second kappa shape index (κ2) is 6.24. The quantitative estimate of drug-likeness (QED) is 0.920. The van der Waals surface area contributed by atoms with Crippen molar-refractivity contribution in [1.82, 2.24) is 9.29 Å². The van der Waals surface area contributed by atoms with Crippen LogP contribution in [0.25, 0.3) is 0 Å². The van der Waals surface area contributed by atoms with E-state index in [2.05, 4.69) is 10.3 Å². The fourth-order valence-electron chi connectivity index (χ4n) is 2.07. The first-order valence-electron chi connectivity index (χ1n) is 6.59. The second-order valence-electron chi connectivity index (χ2n) is 4.81. The molecule has 2 rings (SSSR count). The SMILES string of the molecule is CNc1ccncc1S(=O)(=O)N(C)Cc1ccccc1C. The van der Waals surface area contributed by atoms with Crippen LogP contribution in [0.15, 0.2) is 47.6 Å². The third kappa shape index (κ3) is 3.22. The Labute approximate surface area is 125 Å². The largest absolute Gasteiger partial charge is 0.387 e. The minimum Gasteiger partial charge on any atom is -0.387 e. The highest BCUT2D eigenvalue weighted by Gasteiger charge is 2.24. The highest BCUT2D eigenvalue weighted by Crippen LogP contribution is 2.23. The minimum atomic E-state index is -3.59. The molecule has 5 nitrogen and oxygen atoms in total. The molecule has 112 valence electrons. The lowest BCUT2D eigenvalue weighted by molar-refractivity contribution is 0.466. The normalized spacial score (nSPS) is 11.6. The number of aromatic nitrogens is 1. The van der Waals surface area contributed by atoms with Gasteiger partial charge in [-0.05, 0) is 24.1 Å². The molecule has 0 aliphatic heterocycles. The Morgan fingerprint density at radius 1 is 1.24 bits per heavy atom. The summed E-state index contributed by atoms with van der Waals surface area (Å²) in [6.07, 6.45) is 2.93. The number of sulfonamides is 1. The van der Waals surface area contributed by atoms with Gasteiger partial charge < -0.3 is 5.32 Å². The second-order valence-corrected chi connectivity index (χ2v) is 6.82. The first-order chi connectivity index (χ1) is 9.96. The number of benzene rings is 1. The van der Waals surface area contributed by atoms with Gasteiger partial charge in [0.1, 0.15) is 4.90 Å². The summed E-state index contributed by atoms with van der Waals surface area (Å²) in [5, 5.41) is 2.89. The van der Waals surface area contributed by atoms with E-state index in [-0.39, 0.29) is 4.90 Å². The Morgan fingerprint density at radius 2 is 1.95 bits per heavy atom. The average molecular weight is 305 g/mol. The number of rotatable bonds is 5. The van der Waals surface area contributed by atoms with Gasteiger partial charge in [0.15, 0.2) is 0 Å². The van der Waals surface area contributed by atoms with Crippen LogP contribution < -0.4 is 5.32 Å². The molecular formula is C15H19N3O2S. The summed E-state index contributed by atoms with van der Waals surface area (Å²) in [4.78, 5) is 4.10. The van der Waals surface area contributed by atoms with Crippen molar-refractivity contribution in [2.75, 3.05) is 19.4 Å². The molecule has 0 bridgehead atoms. The molecule has 1 aromatic carbocycles. The van der Waals surface area contributed by atoms with Crippen molar-refractivity contribution in [2.45, 2.75) is 18.4 Å². The van der Waals surface area contributed by atoms with E-state index >= 15 is 0 Å². The van der Waals surface area contributed by atoms with E-state index in [1.807, 2.05) is 31.2 Å². The van der Waals surface area contributed by atoms with Crippen LogP contribution >= 0.6 is 0 Å². The number of hydrogen-bond acceptors (Lipinski definition) is 4. The van der Waals surface area contributed by atoms with Crippen LogP contribution in [0.2, 0.25) is 0 Å². The van der Waals surface area contributed by atoms with Gasteiger partial charge in [0.25, 0.3) is 0 Å². The van der Waals surface area contributed by atoms with Crippen LogP contribution in [0.3, 0.4) is 0 Å². The van der Waals surface area contributed by atoms with Crippen LogP contribution in [-0.4, -0.2) is 31.8 Å². The lowest BCUT2D eigenvalue weighted by atomic mass is 10.1. The third-order valence-corrected chi connectivity index (χ3v) is 5.23. The first-order valence-corrected chi connectivity index (χ1v) is 8.03. The molecule has 0 unspecified atom stereocenters. The first kappa shape index (κ1) is 15.5. The lowest BCUT2D eigenvalue weighted by Crippen LogP contribution is -2.27. The van der Waals surface area contributed by atoms with Crippen molar-refractivity contribution in [2.24, 2.45) is 0 Å². The molecule has 0 fully saturated rings. The van der Waals surface area contributed by atoms with Gasteiger partial charge in [-0.3, -0.25) is 4.98 Å². The molecule has 0 amide bonds. The van der Waals surface area contributed by atoms with Crippen LogP contribution in [0.5, 0.6) is 0 Å². The predicted molar refractivity (Wildman–Crippen MR) is 83.6 cm³/mol. The third-order valence-electron chi connectivity index (χ3n) is 3.40. The zero-order valence-corrected chi connectivity index (χ0v) is 13.2. The van der Waals surface area contributed by atoms with Crippen molar-refractivity contribution in [3.63, 3.8) is 0 Å². The fraction of sp³-hybridized carbons (Fsp3) is 0.267. The van der Waals surface area contributed by atoms with Gasteiger partial charge in [0.05, 0.1) is 5.69 Å². The number of nitrogens with zero attached hydrogens (tertiary/aromatic N) is 2. The summed E-state index contributed by atoms with van der Waals surface area (Å²) < 4.78 is 26.7. The van der Waals surface area contributed by atoms with Gasteiger partial charge in [0.2, 0.25) is 10.0 Å². The highest BCUT2D eigenvalue weighted by atomic mass is 32.2. The zero-order chi connectivity index (χ0) is 15.5. The molecular weight excluding hydrogens is 286 g/mol. The molecule has 0 aliphatic carbocycles. The van der Waals surface area contributed by atoms with Crippen molar-refractivity contribution < 1.29 is 8.42 Å². The molecule has 1 aromatic heterocycles. The molecule has 0 saturated heterocycles. The number of hydrogen-bond donors (Lipinski definition) is 1. The van der Waals surface area contributed by atoms with Crippen LogP contribution in [0.4, 0.5) is 5.69 Å². The monoisotopic (exact) mass is 305 g/mol. The average Bonchev–Trinajstić information content (AvgIpc) is 2.49. The maximum atomic E-state index is 12.7. The summed E-state index contributed by atoms with van der Waals surface area (Å²) in [6, 6.07) is 9.40. The van der Waals surface area contributed by atoms with Crippen LogP contribution in [0.1, 0.15) is 11.1 Å². The van der Waals surface area contributed by atoms with E-state index in [1.165, 1.54) is 10.5 Å². The summed E-state index contributed by atoms with van der Waals surface area (Å²) in [7, 11) is -0.321. The molecule has 21 heavy (non-hydrogen) atoms. The molecule has 1 N–H and O–H groups in total. The minimum absolute atomic E-state index is 0.184. The van der Waals surface area contributed by atoms with E-state index in [4.69, 9.17) is 0 Å². The molecule has 1 heterocycles. The maximum Gasteiger partial charge on any atom is 0.246 e. The highest BCUT2D eigenvalue weighted by molar-refractivity contribution is 7.89. The van der Waals surface area contributed by atoms with Crippen molar-refractivity contribution in [3.05, 3.63) is 53.9 Å². The number of pyridine rings is 1. The van der Waals surface area contributed by atoms with Crippen LogP contribution in [-0.2, 0) is 16.6 Å². The summed E-state index contributed by atoms with van der Waals surface area (Å²) in [6.45, 7) is 2.30. The summed E-state index contributed by atoms with van der Waals surface area (Å²) in [5.41, 5.74) is 2.60. The zero-order valence-electron chi connectivity index (χ0n) is 12.4. The number of anilines is 1. The predicted octanol–water partition coefficient (Wildman–Crippen LogP) is 2.25. The molecule has 0 saturated carbocycles. The maximum absolute atomic E-state index is 12.7. The Morgan fingerprint density at radius 3 is 2.62 bits per heavy atom. The van der Waals surface area contributed by atoms with E-state index in [0.717, 1.165) is 11.1 Å². The van der Waals surface area contributed by atoms with Gasteiger partial charge in [0, 0.05) is 33.0 Å².